The third kappa shape index (κ3) is 3.23. The van der Waals surface area contributed by atoms with Gasteiger partial charge in [0, 0.05) is 44.5 Å². The van der Waals surface area contributed by atoms with Crippen LogP contribution in [0, 0.1) is 5.92 Å². The molecule has 26 heavy (non-hydrogen) atoms. The SMILES string of the molecule is CCCN1C(=O)[C@@H]2CC[C@H]1CN(Cc1cc(=O)n3cc(Cl)ccc3n1)C2. The Bertz CT molecular complexity index is 897. The van der Waals surface area contributed by atoms with Crippen LogP contribution in [0.3, 0.4) is 0 Å². The molecule has 3 fully saturated rings. The lowest BCUT2D eigenvalue weighted by atomic mass is 9.94. The average Bonchev–Trinajstić information content (AvgIpc) is 2.87. The highest BCUT2D eigenvalue weighted by Gasteiger charge is 2.40. The van der Waals surface area contributed by atoms with Crippen LogP contribution in [0.5, 0.6) is 0 Å². The van der Waals surface area contributed by atoms with E-state index in [1.54, 1.807) is 24.4 Å². The highest BCUT2D eigenvalue weighted by molar-refractivity contribution is 6.30. The van der Waals surface area contributed by atoms with Gasteiger partial charge in [-0.15, -0.1) is 0 Å². The molecule has 5 heterocycles. The molecule has 2 aromatic heterocycles. The lowest BCUT2D eigenvalue weighted by Crippen LogP contribution is -2.48. The van der Waals surface area contributed by atoms with Crippen molar-refractivity contribution < 1.29 is 4.79 Å². The van der Waals surface area contributed by atoms with Crippen molar-refractivity contribution in [2.75, 3.05) is 19.6 Å². The van der Waals surface area contributed by atoms with E-state index >= 15 is 0 Å². The van der Waals surface area contributed by atoms with Gasteiger partial charge < -0.3 is 4.90 Å². The van der Waals surface area contributed by atoms with E-state index < -0.39 is 0 Å². The molecule has 6 nitrogen and oxygen atoms in total. The maximum atomic E-state index is 12.7. The maximum Gasteiger partial charge on any atom is 0.258 e. The van der Waals surface area contributed by atoms with E-state index in [2.05, 4.69) is 21.7 Å². The molecule has 0 unspecified atom stereocenters. The number of carbonyl (C=O) groups excluding carboxylic acids is 1. The molecule has 0 spiro atoms. The summed E-state index contributed by atoms with van der Waals surface area (Å²) in [7, 11) is 0. The van der Waals surface area contributed by atoms with Gasteiger partial charge in [-0.05, 0) is 31.4 Å². The van der Waals surface area contributed by atoms with Crippen LogP contribution < -0.4 is 5.56 Å². The van der Waals surface area contributed by atoms with Crippen molar-refractivity contribution in [3.8, 4) is 0 Å². The zero-order valence-electron chi connectivity index (χ0n) is 14.9. The van der Waals surface area contributed by atoms with E-state index in [9.17, 15) is 9.59 Å². The Morgan fingerprint density at radius 3 is 2.88 bits per heavy atom. The van der Waals surface area contributed by atoms with Gasteiger partial charge in [-0.2, -0.15) is 0 Å². The number of aromatic nitrogens is 2. The van der Waals surface area contributed by atoms with Gasteiger partial charge in [-0.1, -0.05) is 18.5 Å². The van der Waals surface area contributed by atoms with E-state index in [-0.39, 0.29) is 17.5 Å². The Balaban J connectivity index is 1.58. The number of amides is 1. The summed E-state index contributed by atoms with van der Waals surface area (Å²) in [6.07, 6.45) is 4.61. The van der Waals surface area contributed by atoms with Crippen molar-refractivity contribution in [3.63, 3.8) is 0 Å². The van der Waals surface area contributed by atoms with Gasteiger partial charge in [0.25, 0.3) is 5.56 Å². The molecule has 2 bridgehead atoms. The molecule has 3 aliphatic heterocycles. The number of halogens is 1. The number of nitrogens with zero attached hydrogens (tertiary/aromatic N) is 4. The van der Waals surface area contributed by atoms with Gasteiger partial charge in [0.1, 0.15) is 5.65 Å². The summed E-state index contributed by atoms with van der Waals surface area (Å²) in [5, 5.41) is 0.507. The van der Waals surface area contributed by atoms with Crippen LogP contribution in [0.4, 0.5) is 0 Å². The van der Waals surface area contributed by atoms with Crippen LogP contribution in [0.2, 0.25) is 5.02 Å². The molecule has 2 aromatic rings. The molecule has 7 heteroatoms. The van der Waals surface area contributed by atoms with Crippen molar-refractivity contribution in [2.24, 2.45) is 5.92 Å². The minimum Gasteiger partial charge on any atom is -0.338 e. The van der Waals surface area contributed by atoms with Gasteiger partial charge in [-0.3, -0.25) is 18.9 Å². The molecule has 0 N–H and O–H groups in total. The van der Waals surface area contributed by atoms with E-state index in [0.717, 1.165) is 44.6 Å². The summed E-state index contributed by atoms with van der Waals surface area (Å²) in [5.41, 5.74) is 1.21. The molecule has 0 radical (unpaired) electrons. The number of pyridine rings is 1. The standard InChI is InChI=1S/C19H23ClN4O2/c1-2-7-23-16-5-3-13(19(23)26)9-22(12-16)11-15-8-18(25)24-10-14(20)4-6-17(24)21-15/h4,6,8,10,13,16H,2-3,5,7,9,11-12H2,1H3/t13-,16+/m1/s1. The first kappa shape index (κ1) is 17.5. The Hall–Kier alpha value is -1.92. The fourth-order valence-corrected chi connectivity index (χ4v) is 4.39. The van der Waals surface area contributed by atoms with Gasteiger partial charge in [0.2, 0.25) is 5.91 Å². The predicted octanol–water partition coefficient (Wildman–Crippen LogP) is 2.18. The number of fused-ring (bicyclic) bond motifs is 5. The second-order valence-corrected chi connectivity index (χ2v) is 7.75. The zero-order chi connectivity index (χ0) is 18.3. The molecule has 5 rings (SSSR count). The third-order valence-corrected chi connectivity index (χ3v) is 5.62. The molecule has 0 aliphatic carbocycles. The van der Waals surface area contributed by atoms with Crippen LogP contribution in [0.1, 0.15) is 31.9 Å². The van der Waals surface area contributed by atoms with Crippen LogP contribution in [0.15, 0.2) is 29.2 Å². The third-order valence-electron chi connectivity index (χ3n) is 5.40. The Kier molecular flexibility index (Phi) is 4.71. The highest BCUT2D eigenvalue weighted by atomic mass is 35.5. The van der Waals surface area contributed by atoms with E-state index in [1.807, 2.05) is 0 Å². The molecule has 0 aromatic carbocycles. The predicted molar refractivity (Wildman–Crippen MR) is 100 cm³/mol. The molecular formula is C19H23ClN4O2. The molecule has 3 saturated heterocycles. The molecule has 1 amide bonds. The monoisotopic (exact) mass is 374 g/mol. The first-order chi connectivity index (χ1) is 12.5. The van der Waals surface area contributed by atoms with Crippen molar-refractivity contribution >= 4 is 23.2 Å². The molecular weight excluding hydrogens is 352 g/mol. The summed E-state index contributed by atoms with van der Waals surface area (Å²) in [4.78, 5) is 34.0. The van der Waals surface area contributed by atoms with Gasteiger partial charge in [0.05, 0.1) is 16.6 Å². The fourth-order valence-electron chi connectivity index (χ4n) is 4.23. The van der Waals surface area contributed by atoms with E-state index in [0.29, 0.717) is 23.1 Å². The van der Waals surface area contributed by atoms with E-state index in [4.69, 9.17) is 11.6 Å². The van der Waals surface area contributed by atoms with Gasteiger partial charge in [0.15, 0.2) is 0 Å². The summed E-state index contributed by atoms with van der Waals surface area (Å²) in [5.74, 6) is 0.368. The molecule has 3 aliphatic rings. The fraction of sp³-hybridized carbons (Fsp3) is 0.526. The van der Waals surface area contributed by atoms with Crippen LogP contribution in [-0.4, -0.2) is 50.8 Å². The number of hydrogen-bond acceptors (Lipinski definition) is 4. The van der Waals surface area contributed by atoms with Crippen molar-refractivity contribution in [3.05, 3.63) is 45.5 Å². The van der Waals surface area contributed by atoms with Crippen LogP contribution in [0.25, 0.3) is 5.65 Å². The summed E-state index contributed by atoms with van der Waals surface area (Å²) < 4.78 is 1.46. The highest BCUT2D eigenvalue weighted by Crippen LogP contribution is 2.29. The van der Waals surface area contributed by atoms with E-state index in [1.165, 1.54) is 4.40 Å². The Morgan fingerprint density at radius 1 is 1.23 bits per heavy atom. The smallest absolute Gasteiger partial charge is 0.258 e. The van der Waals surface area contributed by atoms with Crippen LogP contribution >= 0.6 is 11.6 Å². The normalized spacial score (nSPS) is 23.6. The summed E-state index contributed by atoms with van der Waals surface area (Å²) in [6.45, 7) is 5.14. The lowest BCUT2D eigenvalue weighted by molar-refractivity contribution is -0.139. The number of carbonyl (C=O) groups is 1. The molecule has 2 atom stereocenters. The molecule has 138 valence electrons. The summed E-state index contributed by atoms with van der Waals surface area (Å²) in [6, 6.07) is 5.34. The second kappa shape index (κ2) is 7.00. The van der Waals surface area contributed by atoms with Crippen molar-refractivity contribution in [2.45, 2.75) is 38.8 Å². The average molecular weight is 375 g/mol. The number of hydrogen-bond donors (Lipinski definition) is 0. The zero-order valence-corrected chi connectivity index (χ0v) is 15.7. The first-order valence-corrected chi connectivity index (χ1v) is 9.63. The Labute approximate surface area is 157 Å². The second-order valence-electron chi connectivity index (χ2n) is 7.32. The number of piperidine rings is 1. The first-order valence-electron chi connectivity index (χ1n) is 9.26. The quantitative estimate of drug-likeness (QED) is 0.823. The lowest BCUT2D eigenvalue weighted by Gasteiger charge is -2.35. The van der Waals surface area contributed by atoms with Crippen LogP contribution in [-0.2, 0) is 11.3 Å². The number of rotatable bonds is 4. The molecule has 0 saturated carbocycles. The van der Waals surface area contributed by atoms with Crippen molar-refractivity contribution in [1.29, 1.82) is 0 Å². The maximum absolute atomic E-state index is 12.7. The largest absolute Gasteiger partial charge is 0.338 e. The summed E-state index contributed by atoms with van der Waals surface area (Å²) >= 11 is 5.96. The minimum absolute atomic E-state index is 0.0701. The topological polar surface area (TPSA) is 57.9 Å². The Morgan fingerprint density at radius 2 is 2.08 bits per heavy atom. The van der Waals surface area contributed by atoms with Crippen molar-refractivity contribution in [1.82, 2.24) is 19.2 Å². The van der Waals surface area contributed by atoms with Gasteiger partial charge >= 0.3 is 0 Å². The minimum atomic E-state index is -0.131. The van der Waals surface area contributed by atoms with Gasteiger partial charge in [-0.25, -0.2) is 4.98 Å².